The molecule has 1 saturated carbocycles. The molecular weight excluding hydrogens is 316 g/mol. The topological polar surface area (TPSA) is 36.9 Å². The van der Waals surface area contributed by atoms with Gasteiger partial charge < -0.3 is 0 Å². The lowest BCUT2D eigenvalue weighted by atomic mass is 9.86. The van der Waals surface area contributed by atoms with Crippen molar-refractivity contribution in [3.63, 3.8) is 0 Å². The summed E-state index contributed by atoms with van der Waals surface area (Å²) in [6.45, 7) is 15.0. The van der Waals surface area contributed by atoms with Crippen molar-refractivity contribution in [1.82, 2.24) is 0 Å². The van der Waals surface area contributed by atoms with Crippen LogP contribution >= 0.6 is 0 Å². The van der Waals surface area contributed by atoms with Crippen molar-refractivity contribution >= 4 is 0 Å². The zero-order valence-corrected chi connectivity index (χ0v) is 17.8. The Balaban J connectivity index is 2.65. The van der Waals surface area contributed by atoms with Gasteiger partial charge in [-0.05, 0) is 59.3 Å². The van der Waals surface area contributed by atoms with Crippen LogP contribution < -0.4 is 0 Å². The minimum atomic E-state index is -0.778. The SMILES string of the molecule is CCCCC(C)(C)OOC1(OOC(C)(C)CCCC)CCC(C)CC1. The molecule has 0 bridgehead atoms. The van der Waals surface area contributed by atoms with Gasteiger partial charge in [0.05, 0.1) is 11.2 Å². The maximum Gasteiger partial charge on any atom is 0.234 e. The molecule has 4 heteroatoms. The minimum Gasteiger partial charge on any atom is -0.228 e. The minimum absolute atomic E-state index is 0.312. The molecule has 1 fully saturated rings. The van der Waals surface area contributed by atoms with E-state index in [4.69, 9.17) is 19.6 Å². The molecule has 0 N–H and O–H groups in total. The molecule has 1 rings (SSSR count). The first-order valence-electron chi connectivity index (χ1n) is 10.4. The molecule has 0 aliphatic heterocycles. The highest BCUT2D eigenvalue weighted by molar-refractivity contribution is 4.78. The third-order valence-corrected chi connectivity index (χ3v) is 5.14. The number of unbranched alkanes of at least 4 members (excludes halogenated alkanes) is 2. The highest BCUT2D eigenvalue weighted by Crippen LogP contribution is 2.38. The van der Waals surface area contributed by atoms with Crippen LogP contribution in [0.2, 0.25) is 0 Å². The number of rotatable bonds is 12. The Hall–Kier alpha value is -0.160. The molecule has 0 aromatic carbocycles. The summed E-state index contributed by atoms with van der Waals surface area (Å²) in [5.74, 6) is -0.0824. The Kier molecular flexibility index (Phi) is 9.38. The Bertz CT molecular complexity index is 331. The zero-order valence-electron chi connectivity index (χ0n) is 17.8. The van der Waals surface area contributed by atoms with Crippen LogP contribution in [0.3, 0.4) is 0 Å². The second kappa shape index (κ2) is 10.2. The van der Waals surface area contributed by atoms with Crippen LogP contribution in [0.5, 0.6) is 0 Å². The molecule has 0 saturated heterocycles. The van der Waals surface area contributed by atoms with Crippen molar-refractivity contribution in [1.29, 1.82) is 0 Å². The summed E-state index contributed by atoms with van der Waals surface area (Å²) >= 11 is 0. The molecule has 0 unspecified atom stereocenters. The van der Waals surface area contributed by atoms with E-state index in [0.717, 1.165) is 64.2 Å². The molecule has 0 spiro atoms. The Morgan fingerprint density at radius 3 is 1.56 bits per heavy atom. The highest BCUT2D eigenvalue weighted by atomic mass is 17.3. The van der Waals surface area contributed by atoms with Gasteiger partial charge in [-0.15, -0.1) is 0 Å². The molecule has 0 radical (unpaired) electrons. The molecule has 25 heavy (non-hydrogen) atoms. The molecule has 0 atom stereocenters. The van der Waals surface area contributed by atoms with E-state index < -0.39 is 5.79 Å². The Labute approximate surface area is 155 Å². The summed E-state index contributed by atoms with van der Waals surface area (Å²) in [7, 11) is 0. The molecule has 0 aromatic rings. The monoisotopic (exact) mass is 358 g/mol. The first-order chi connectivity index (χ1) is 11.6. The van der Waals surface area contributed by atoms with Gasteiger partial charge in [0.2, 0.25) is 5.79 Å². The van der Waals surface area contributed by atoms with E-state index >= 15 is 0 Å². The standard InChI is InChI=1S/C21H42O4/c1-8-10-14-19(4,5)22-24-21(16-12-18(3)13-17-21)25-23-20(6,7)15-11-9-2/h18H,8-17H2,1-7H3. The van der Waals surface area contributed by atoms with E-state index in [-0.39, 0.29) is 11.2 Å². The summed E-state index contributed by atoms with van der Waals surface area (Å²) in [6, 6.07) is 0. The van der Waals surface area contributed by atoms with Crippen LogP contribution in [0.4, 0.5) is 0 Å². The molecule has 1 aliphatic rings. The Morgan fingerprint density at radius 1 is 0.800 bits per heavy atom. The summed E-state index contributed by atoms with van der Waals surface area (Å²) in [6.07, 6.45) is 10.3. The molecule has 0 aromatic heterocycles. The summed E-state index contributed by atoms with van der Waals surface area (Å²) in [5, 5.41) is 0. The van der Waals surface area contributed by atoms with E-state index in [9.17, 15) is 0 Å². The Morgan fingerprint density at radius 2 is 1.20 bits per heavy atom. The van der Waals surface area contributed by atoms with Crippen LogP contribution in [-0.4, -0.2) is 17.0 Å². The van der Waals surface area contributed by atoms with E-state index in [1.807, 2.05) is 0 Å². The van der Waals surface area contributed by atoms with Crippen LogP contribution in [0.1, 0.15) is 113 Å². The van der Waals surface area contributed by atoms with Crippen molar-refractivity contribution in [3.8, 4) is 0 Å². The van der Waals surface area contributed by atoms with Gasteiger partial charge in [-0.25, -0.2) is 9.78 Å². The third kappa shape index (κ3) is 8.85. The van der Waals surface area contributed by atoms with Crippen LogP contribution in [0.15, 0.2) is 0 Å². The molecule has 0 heterocycles. The van der Waals surface area contributed by atoms with Gasteiger partial charge in [-0.2, -0.15) is 9.78 Å². The van der Waals surface area contributed by atoms with E-state index in [0.29, 0.717) is 5.92 Å². The second-order valence-corrected chi connectivity index (χ2v) is 9.15. The van der Waals surface area contributed by atoms with Crippen LogP contribution in [0.25, 0.3) is 0 Å². The average Bonchev–Trinajstić information content (AvgIpc) is 2.57. The molecule has 1 aliphatic carbocycles. The van der Waals surface area contributed by atoms with Crippen molar-refractivity contribution in [2.75, 3.05) is 0 Å². The predicted molar refractivity (Wildman–Crippen MR) is 102 cm³/mol. The largest absolute Gasteiger partial charge is 0.234 e. The summed E-state index contributed by atoms with van der Waals surface area (Å²) in [4.78, 5) is 23.6. The van der Waals surface area contributed by atoms with Crippen molar-refractivity contribution in [2.24, 2.45) is 5.92 Å². The molecule has 4 nitrogen and oxygen atoms in total. The highest BCUT2D eigenvalue weighted by Gasteiger charge is 2.42. The van der Waals surface area contributed by atoms with Crippen molar-refractivity contribution in [3.05, 3.63) is 0 Å². The van der Waals surface area contributed by atoms with Gasteiger partial charge in [-0.3, -0.25) is 0 Å². The molecular formula is C21H42O4. The van der Waals surface area contributed by atoms with E-state index in [1.165, 1.54) is 0 Å². The normalized spacial score (nSPS) is 19.3. The van der Waals surface area contributed by atoms with Gasteiger partial charge in [0.15, 0.2) is 0 Å². The van der Waals surface area contributed by atoms with Gasteiger partial charge in [-0.1, -0.05) is 46.5 Å². The fourth-order valence-electron chi connectivity index (χ4n) is 3.05. The van der Waals surface area contributed by atoms with Gasteiger partial charge >= 0.3 is 0 Å². The number of hydrogen-bond donors (Lipinski definition) is 0. The maximum absolute atomic E-state index is 5.93. The van der Waals surface area contributed by atoms with Crippen LogP contribution in [0, 0.1) is 5.92 Å². The average molecular weight is 359 g/mol. The van der Waals surface area contributed by atoms with Gasteiger partial charge in [0.1, 0.15) is 0 Å². The fourth-order valence-corrected chi connectivity index (χ4v) is 3.05. The lowest BCUT2D eigenvalue weighted by molar-refractivity contribution is -0.549. The fraction of sp³-hybridized carbons (Fsp3) is 1.00. The smallest absolute Gasteiger partial charge is 0.228 e. The second-order valence-electron chi connectivity index (χ2n) is 9.15. The summed E-state index contributed by atoms with van der Waals surface area (Å²) in [5.41, 5.74) is -0.625. The van der Waals surface area contributed by atoms with E-state index in [2.05, 4.69) is 48.5 Å². The predicted octanol–water partition coefficient (Wildman–Crippen LogP) is 6.73. The first-order valence-corrected chi connectivity index (χ1v) is 10.4. The van der Waals surface area contributed by atoms with Crippen molar-refractivity contribution in [2.45, 2.75) is 130 Å². The number of hydrogen-bond acceptors (Lipinski definition) is 4. The van der Waals surface area contributed by atoms with Gasteiger partial charge in [0.25, 0.3) is 0 Å². The molecule has 0 amide bonds. The lowest BCUT2D eigenvalue weighted by Crippen LogP contribution is -2.44. The van der Waals surface area contributed by atoms with Gasteiger partial charge in [0, 0.05) is 12.8 Å². The van der Waals surface area contributed by atoms with Crippen LogP contribution in [-0.2, 0) is 19.6 Å². The van der Waals surface area contributed by atoms with E-state index in [1.54, 1.807) is 0 Å². The zero-order chi connectivity index (χ0) is 19.0. The summed E-state index contributed by atoms with van der Waals surface area (Å²) < 4.78 is 0. The first kappa shape index (κ1) is 22.9. The lowest BCUT2D eigenvalue weighted by Gasteiger charge is -2.40. The quantitative estimate of drug-likeness (QED) is 0.220. The van der Waals surface area contributed by atoms with Crippen molar-refractivity contribution < 1.29 is 19.6 Å². The third-order valence-electron chi connectivity index (χ3n) is 5.14. The maximum atomic E-state index is 5.93. The molecule has 150 valence electrons.